The molecule has 2 fully saturated rings. The van der Waals surface area contributed by atoms with Crippen LogP contribution in [0.1, 0.15) is 50.5 Å². The normalized spacial score (nSPS) is 26.5. The SMILES string of the molecule is c1cc(CNC2CCC23CCCCC3)c2c(c1)OCO2. The minimum absolute atomic E-state index is 0.361. The number of nitrogens with one attached hydrogen (secondary N) is 1. The summed E-state index contributed by atoms with van der Waals surface area (Å²) in [5.41, 5.74) is 1.85. The summed E-state index contributed by atoms with van der Waals surface area (Å²) in [6.07, 6.45) is 9.91. The first kappa shape index (κ1) is 12.5. The Hall–Kier alpha value is -1.22. The van der Waals surface area contributed by atoms with Gasteiger partial charge in [-0.1, -0.05) is 31.4 Å². The van der Waals surface area contributed by atoms with Crippen molar-refractivity contribution in [3.8, 4) is 11.5 Å². The molecule has 0 saturated heterocycles. The van der Waals surface area contributed by atoms with Gasteiger partial charge in [0, 0.05) is 18.2 Å². The second-order valence-corrected chi connectivity index (χ2v) is 6.55. The summed E-state index contributed by atoms with van der Waals surface area (Å²) in [6.45, 7) is 1.26. The Balaban J connectivity index is 1.42. The van der Waals surface area contributed by atoms with Crippen LogP contribution in [0.15, 0.2) is 18.2 Å². The number of hydrogen-bond acceptors (Lipinski definition) is 3. The number of rotatable bonds is 3. The van der Waals surface area contributed by atoms with Crippen molar-refractivity contribution in [3.05, 3.63) is 23.8 Å². The van der Waals surface area contributed by atoms with E-state index in [9.17, 15) is 0 Å². The molecule has 0 aromatic heterocycles. The molecule has 3 aliphatic rings. The van der Waals surface area contributed by atoms with Crippen molar-refractivity contribution >= 4 is 0 Å². The van der Waals surface area contributed by atoms with Crippen LogP contribution in [0.25, 0.3) is 0 Å². The Morgan fingerprint density at radius 2 is 2.00 bits per heavy atom. The van der Waals surface area contributed by atoms with Crippen LogP contribution in [0, 0.1) is 5.41 Å². The molecule has 1 unspecified atom stereocenters. The highest BCUT2D eigenvalue weighted by Gasteiger charge is 2.46. The van der Waals surface area contributed by atoms with Gasteiger partial charge in [-0.25, -0.2) is 0 Å². The highest BCUT2D eigenvalue weighted by atomic mass is 16.7. The van der Waals surface area contributed by atoms with Gasteiger partial charge in [0.1, 0.15) is 0 Å². The van der Waals surface area contributed by atoms with Gasteiger partial charge in [0.05, 0.1) is 0 Å². The van der Waals surface area contributed by atoms with Crippen LogP contribution in [-0.2, 0) is 6.54 Å². The smallest absolute Gasteiger partial charge is 0.231 e. The Morgan fingerprint density at radius 3 is 2.80 bits per heavy atom. The maximum Gasteiger partial charge on any atom is 0.231 e. The van der Waals surface area contributed by atoms with Crippen LogP contribution in [0.4, 0.5) is 0 Å². The van der Waals surface area contributed by atoms with Crippen LogP contribution in [-0.4, -0.2) is 12.8 Å². The molecule has 1 atom stereocenters. The van der Waals surface area contributed by atoms with Gasteiger partial charge >= 0.3 is 0 Å². The molecule has 1 aromatic rings. The number of hydrogen-bond donors (Lipinski definition) is 1. The Morgan fingerprint density at radius 1 is 1.10 bits per heavy atom. The Bertz CT molecular complexity index is 494. The van der Waals surface area contributed by atoms with E-state index in [4.69, 9.17) is 9.47 Å². The van der Waals surface area contributed by atoms with Crippen LogP contribution in [0.3, 0.4) is 0 Å². The summed E-state index contributed by atoms with van der Waals surface area (Å²) in [4.78, 5) is 0. The number of fused-ring (bicyclic) bond motifs is 1. The van der Waals surface area contributed by atoms with E-state index in [-0.39, 0.29) is 0 Å². The summed E-state index contributed by atoms with van der Waals surface area (Å²) in [5.74, 6) is 1.84. The van der Waals surface area contributed by atoms with Crippen molar-refractivity contribution in [3.63, 3.8) is 0 Å². The number of benzene rings is 1. The fourth-order valence-electron chi connectivity index (χ4n) is 4.23. The zero-order valence-electron chi connectivity index (χ0n) is 12.0. The van der Waals surface area contributed by atoms with Crippen molar-refractivity contribution in [1.82, 2.24) is 5.32 Å². The fourth-order valence-corrected chi connectivity index (χ4v) is 4.23. The molecule has 108 valence electrons. The van der Waals surface area contributed by atoms with Crippen molar-refractivity contribution < 1.29 is 9.47 Å². The number of para-hydroxylation sites is 1. The molecule has 2 aliphatic carbocycles. The third-order valence-electron chi connectivity index (χ3n) is 5.54. The lowest BCUT2D eigenvalue weighted by molar-refractivity contribution is 0.0220. The second kappa shape index (κ2) is 4.96. The van der Waals surface area contributed by atoms with E-state index in [0.717, 1.165) is 18.0 Å². The molecule has 0 bridgehead atoms. The van der Waals surface area contributed by atoms with E-state index >= 15 is 0 Å². The van der Waals surface area contributed by atoms with Crippen molar-refractivity contribution in [1.29, 1.82) is 0 Å². The van der Waals surface area contributed by atoms with Gasteiger partial charge in [0.15, 0.2) is 11.5 Å². The Kier molecular flexibility index (Phi) is 3.10. The average Bonchev–Trinajstić information content (AvgIpc) is 2.96. The summed E-state index contributed by atoms with van der Waals surface area (Å²) in [6, 6.07) is 6.90. The predicted octanol–water partition coefficient (Wildman–Crippen LogP) is 3.62. The molecule has 3 nitrogen and oxygen atoms in total. The van der Waals surface area contributed by atoms with Crippen LogP contribution >= 0.6 is 0 Å². The largest absolute Gasteiger partial charge is 0.454 e. The van der Waals surface area contributed by atoms with Gasteiger partial charge < -0.3 is 14.8 Å². The zero-order valence-corrected chi connectivity index (χ0v) is 12.0. The minimum atomic E-state index is 0.361. The quantitative estimate of drug-likeness (QED) is 0.912. The third kappa shape index (κ3) is 1.99. The van der Waals surface area contributed by atoms with Gasteiger partial charge in [0.25, 0.3) is 0 Å². The van der Waals surface area contributed by atoms with Gasteiger partial charge in [-0.2, -0.15) is 0 Å². The number of ether oxygens (including phenoxy) is 2. The average molecular weight is 273 g/mol. The molecule has 1 aromatic carbocycles. The van der Waals surface area contributed by atoms with Crippen molar-refractivity contribution in [2.75, 3.05) is 6.79 Å². The molecule has 1 heterocycles. The summed E-state index contributed by atoms with van der Waals surface area (Å²) < 4.78 is 11.0. The lowest BCUT2D eigenvalue weighted by atomic mass is 9.57. The zero-order chi connectivity index (χ0) is 13.4. The topological polar surface area (TPSA) is 30.5 Å². The van der Waals surface area contributed by atoms with Crippen molar-refractivity contribution in [2.45, 2.75) is 57.5 Å². The van der Waals surface area contributed by atoms with Gasteiger partial charge in [-0.3, -0.25) is 0 Å². The van der Waals surface area contributed by atoms with E-state index in [1.165, 1.54) is 50.5 Å². The fraction of sp³-hybridized carbons (Fsp3) is 0.647. The summed E-state index contributed by atoms with van der Waals surface area (Å²) in [7, 11) is 0. The first-order valence-electron chi connectivity index (χ1n) is 7.98. The van der Waals surface area contributed by atoms with E-state index in [0.29, 0.717) is 18.2 Å². The molecule has 1 aliphatic heterocycles. The van der Waals surface area contributed by atoms with Gasteiger partial charge in [0.2, 0.25) is 6.79 Å². The highest BCUT2D eigenvalue weighted by molar-refractivity contribution is 5.48. The molecule has 3 heteroatoms. The first-order valence-corrected chi connectivity index (χ1v) is 7.98. The van der Waals surface area contributed by atoms with Crippen LogP contribution in [0.2, 0.25) is 0 Å². The molecule has 0 amide bonds. The molecular weight excluding hydrogens is 250 g/mol. The lowest BCUT2D eigenvalue weighted by Gasteiger charge is -2.52. The van der Waals surface area contributed by atoms with Crippen LogP contribution in [0.5, 0.6) is 11.5 Å². The first-order chi connectivity index (χ1) is 9.87. The third-order valence-corrected chi connectivity index (χ3v) is 5.54. The van der Waals surface area contributed by atoms with Crippen molar-refractivity contribution in [2.24, 2.45) is 5.41 Å². The Labute approximate surface area is 120 Å². The monoisotopic (exact) mass is 273 g/mol. The maximum atomic E-state index is 5.59. The van der Waals surface area contributed by atoms with Gasteiger partial charge in [-0.15, -0.1) is 0 Å². The standard InChI is InChI=1S/C17H23NO2/c1-2-8-17(9-3-1)10-7-15(17)18-11-13-5-4-6-14-16(13)20-12-19-14/h4-6,15,18H,1-3,7-12H2. The molecule has 20 heavy (non-hydrogen) atoms. The van der Waals surface area contributed by atoms with E-state index in [1.54, 1.807) is 0 Å². The molecular formula is C17H23NO2. The molecule has 2 saturated carbocycles. The van der Waals surface area contributed by atoms with E-state index in [2.05, 4.69) is 17.4 Å². The predicted molar refractivity (Wildman–Crippen MR) is 77.9 cm³/mol. The van der Waals surface area contributed by atoms with E-state index in [1.807, 2.05) is 6.07 Å². The highest BCUT2D eigenvalue weighted by Crippen LogP contribution is 2.51. The summed E-state index contributed by atoms with van der Waals surface area (Å²) in [5, 5.41) is 3.79. The van der Waals surface area contributed by atoms with E-state index < -0.39 is 0 Å². The molecule has 1 N–H and O–H groups in total. The lowest BCUT2D eigenvalue weighted by Crippen LogP contribution is -2.53. The maximum absolute atomic E-state index is 5.59. The molecule has 1 spiro atoms. The van der Waals surface area contributed by atoms with Gasteiger partial charge in [-0.05, 0) is 37.2 Å². The summed E-state index contributed by atoms with van der Waals surface area (Å²) >= 11 is 0. The molecule has 4 rings (SSSR count). The molecule has 0 radical (unpaired) electrons. The van der Waals surface area contributed by atoms with Crippen LogP contribution < -0.4 is 14.8 Å². The second-order valence-electron chi connectivity index (χ2n) is 6.55. The minimum Gasteiger partial charge on any atom is -0.454 e.